The Balaban J connectivity index is 1.14. The first-order chi connectivity index (χ1) is 27.0. The summed E-state index contributed by atoms with van der Waals surface area (Å²) in [5, 5.41) is 1.35. The highest BCUT2D eigenvalue weighted by molar-refractivity contribution is 5.96. The molecule has 7 aromatic rings. The summed E-state index contributed by atoms with van der Waals surface area (Å²) in [5.41, 5.74) is 22.8. The van der Waals surface area contributed by atoms with Crippen LogP contribution >= 0.6 is 0 Å². The van der Waals surface area contributed by atoms with E-state index >= 15 is 0 Å². The molecular weight excluding hydrogens is 663 g/mol. The molecule has 55 heavy (non-hydrogen) atoms. The number of nitrogens with zero attached hydrogens (tertiary/aromatic N) is 1. The minimum Gasteiger partial charge on any atom is -0.310 e. The van der Waals surface area contributed by atoms with E-state index in [9.17, 15) is 0 Å². The van der Waals surface area contributed by atoms with Crippen molar-refractivity contribution >= 4 is 22.6 Å². The Hall–Kier alpha value is -6.18. The van der Waals surface area contributed by atoms with Crippen molar-refractivity contribution in [1.29, 1.82) is 0 Å². The zero-order valence-electron chi connectivity index (χ0n) is 31.9. The molecule has 10 rings (SSSR count). The van der Waals surface area contributed by atoms with Crippen LogP contribution in [0.2, 0.25) is 0 Å². The predicted octanol–water partition coefficient (Wildman–Crippen LogP) is 14.1. The molecule has 1 heterocycles. The van der Waals surface area contributed by atoms with Gasteiger partial charge in [0, 0.05) is 16.5 Å². The lowest BCUT2D eigenvalue weighted by molar-refractivity contribution is 0.661. The van der Waals surface area contributed by atoms with Gasteiger partial charge in [0.2, 0.25) is 0 Å². The van der Waals surface area contributed by atoms with Gasteiger partial charge < -0.3 is 4.57 Å². The maximum absolute atomic E-state index is 2.57. The number of rotatable bonds is 6. The second kappa shape index (κ2) is 13.3. The monoisotopic (exact) mass is 707 g/mol. The molecule has 0 unspecified atom stereocenters. The smallest absolute Gasteiger partial charge is 0.0543 e. The molecule has 3 aliphatic carbocycles. The number of hydrogen-bond donors (Lipinski definition) is 0. The second-order valence-corrected chi connectivity index (χ2v) is 15.9. The van der Waals surface area contributed by atoms with Crippen molar-refractivity contribution in [2.24, 2.45) is 0 Å². The Labute approximate surface area is 325 Å². The number of aryl methyl sites for hydroxylation is 1. The zero-order chi connectivity index (χ0) is 37.1. The molecule has 0 atom stereocenters. The van der Waals surface area contributed by atoms with Crippen LogP contribution in [0.25, 0.3) is 61.6 Å². The van der Waals surface area contributed by atoms with E-state index in [1.54, 1.807) is 0 Å². The average Bonchev–Trinajstić information content (AvgIpc) is 3.75. The Morgan fingerprint density at radius 3 is 2.31 bits per heavy atom. The van der Waals surface area contributed by atoms with Gasteiger partial charge in [-0.2, -0.15) is 0 Å². The minimum absolute atomic E-state index is 0.141. The quantitative estimate of drug-likeness (QED) is 0.152. The number of allylic oxidation sites excluding steroid dienone is 7. The van der Waals surface area contributed by atoms with Gasteiger partial charge in [-0.1, -0.05) is 159 Å². The number of aromatic nitrogens is 1. The second-order valence-electron chi connectivity index (χ2n) is 15.9. The zero-order valence-corrected chi connectivity index (χ0v) is 31.9. The highest BCUT2D eigenvalue weighted by Gasteiger charge is 2.40. The van der Waals surface area contributed by atoms with Crippen LogP contribution in [0, 0.1) is 0 Å². The van der Waals surface area contributed by atoms with Crippen LogP contribution in [0.1, 0.15) is 72.7 Å². The third-order valence-electron chi connectivity index (χ3n) is 12.3. The van der Waals surface area contributed by atoms with Gasteiger partial charge in [-0.15, -0.1) is 0 Å². The summed E-state index contributed by atoms with van der Waals surface area (Å²) in [4.78, 5) is 0. The van der Waals surface area contributed by atoms with E-state index in [0.29, 0.717) is 0 Å². The Morgan fingerprint density at radius 1 is 0.691 bits per heavy atom. The van der Waals surface area contributed by atoms with Crippen LogP contribution in [-0.4, -0.2) is 4.57 Å². The summed E-state index contributed by atoms with van der Waals surface area (Å²) >= 11 is 0. The molecule has 1 nitrogen and oxygen atoms in total. The molecule has 0 N–H and O–H groups in total. The fourth-order valence-electron chi connectivity index (χ4n) is 9.72. The molecule has 0 amide bonds. The van der Waals surface area contributed by atoms with E-state index in [4.69, 9.17) is 0 Å². The highest BCUT2D eigenvalue weighted by Crippen LogP contribution is 2.56. The molecule has 1 aromatic heterocycles. The lowest BCUT2D eigenvalue weighted by atomic mass is 9.78. The van der Waals surface area contributed by atoms with Gasteiger partial charge in [-0.3, -0.25) is 0 Å². The van der Waals surface area contributed by atoms with Gasteiger partial charge in [-0.05, 0) is 135 Å². The molecule has 1 heteroatoms. The third kappa shape index (κ3) is 5.52. The first kappa shape index (κ1) is 33.4. The SMILES string of the molecule is C\C=C/C(=C\C=C\C1=Cc2c(c3ccc(-c4ccccc4)cc3n2-c2ccc3c(c2)C(C)(C)c2c-3ccc3c2-c2ccccc2C3)CCC1)c1ccccc1. The van der Waals surface area contributed by atoms with Crippen LogP contribution in [0.3, 0.4) is 0 Å². The van der Waals surface area contributed by atoms with Crippen molar-refractivity contribution < 1.29 is 0 Å². The van der Waals surface area contributed by atoms with Crippen LogP contribution in [0.5, 0.6) is 0 Å². The van der Waals surface area contributed by atoms with E-state index in [1.165, 1.54) is 100 Å². The van der Waals surface area contributed by atoms with Crippen molar-refractivity contribution in [3.05, 3.63) is 208 Å². The largest absolute Gasteiger partial charge is 0.310 e. The highest BCUT2D eigenvalue weighted by atomic mass is 15.0. The van der Waals surface area contributed by atoms with Gasteiger partial charge in [0.15, 0.2) is 0 Å². The maximum Gasteiger partial charge on any atom is 0.0543 e. The Bertz CT molecular complexity index is 2760. The van der Waals surface area contributed by atoms with E-state index in [-0.39, 0.29) is 5.41 Å². The molecule has 0 radical (unpaired) electrons. The van der Waals surface area contributed by atoms with Gasteiger partial charge in [-0.25, -0.2) is 0 Å². The van der Waals surface area contributed by atoms with Crippen molar-refractivity contribution in [2.75, 3.05) is 0 Å². The van der Waals surface area contributed by atoms with Crippen molar-refractivity contribution in [1.82, 2.24) is 4.57 Å². The fraction of sp³-hybridized carbons (Fsp3) is 0.148. The molecule has 3 aliphatic rings. The first-order valence-corrected chi connectivity index (χ1v) is 19.9. The first-order valence-electron chi connectivity index (χ1n) is 19.9. The summed E-state index contributed by atoms with van der Waals surface area (Å²) in [6, 6.07) is 49.7. The van der Waals surface area contributed by atoms with Crippen molar-refractivity contribution in [2.45, 2.75) is 51.9 Å². The summed E-state index contributed by atoms with van der Waals surface area (Å²) in [5.74, 6) is 0. The molecular formula is C54H45N. The van der Waals surface area contributed by atoms with E-state index in [0.717, 1.165) is 25.7 Å². The summed E-state index contributed by atoms with van der Waals surface area (Å²) in [7, 11) is 0. The van der Waals surface area contributed by atoms with E-state index < -0.39 is 0 Å². The Morgan fingerprint density at radius 2 is 1.47 bits per heavy atom. The van der Waals surface area contributed by atoms with E-state index in [2.05, 4.69) is 195 Å². The standard InChI is InChI=1S/C54H45N/c1-4-15-37(38-18-7-5-8-19-38)23-13-16-36-17-14-25-46-47-29-26-40(39-20-9-6-10-21-39)34-51(47)55(50(46)32-36)43-28-31-45-48-30-27-42-33-41-22-11-12-24-44(41)52(42)53(48)54(2,3)49(45)35-43/h4-13,15-16,18-24,26-32,34-35H,14,17,25,33H2,1-3H3/b15-4-,16-13+,37-23+. The van der Waals surface area contributed by atoms with E-state index in [1.807, 2.05) is 0 Å². The summed E-state index contributed by atoms with van der Waals surface area (Å²) < 4.78 is 2.57. The van der Waals surface area contributed by atoms with Crippen molar-refractivity contribution in [3.63, 3.8) is 0 Å². The summed E-state index contributed by atoms with van der Waals surface area (Å²) in [6.07, 6.45) is 17.8. The van der Waals surface area contributed by atoms with Crippen molar-refractivity contribution in [3.8, 4) is 39.1 Å². The molecule has 0 aliphatic heterocycles. The predicted molar refractivity (Wildman–Crippen MR) is 234 cm³/mol. The lowest BCUT2D eigenvalue weighted by Gasteiger charge is -2.25. The molecule has 266 valence electrons. The normalized spacial score (nSPS) is 15.5. The number of benzene rings is 6. The maximum atomic E-state index is 2.57. The molecule has 0 bridgehead atoms. The van der Waals surface area contributed by atoms with Gasteiger partial charge >= 0.3 is 0 Å². The van der Waals surface area contributed by atoms with Gasteiger partial charge in [0.05, 0.1) is 11.2 Å². The average molecular weight is 708 g/mol. The molecule has 6 aromatic carbocycles. The fourth-order valence-corrected chi connectivity index (χ4v) is 9.72. The number of fused-ring (bicyclic) bond motifs is 10. The molecule has 0 saturated heterocycles. The summed E-state index contributed by atoms with van der Waals surface area (Å²) in [6.45, 7) is 6.97. The Kier molecular flexibility index (Phi) is 8.07. The van der Waals surface area contributed by atoms with Gasteiger partial charge in [0.1, 0.15) is 0 Å². The number of hydrogen-bond acceptors (Lipinski definition) is 0. The van der Waals surface area contributed by atoms with Crippen LogP contribution in [0.15, 0.2) is 169 Å². The van der Waals surface area contributed by atoms with Crippen LogP contribution in [0.4, 0.5) is 0 Å². The van der Waals surface area contributed by atoms with Gasteiger partial charge in [0.25, 0.3) is 0 Å². The minimum atomic E-state index is -0.141. The van der Waals surface area contributed by atoms with Crippen LogP contribution in [-0.2, 0) is 18.3 Å². The molecule has 0 saturated carbocycles. The third-order valence-corrected chi connectivity index (χ3v) is 12.3. The topological polar surface area (TPSA) is 4.93 Å². The molecule has 0 fully saturated rings. The van der Waals surface area contributed by atoms with Crippen LogP contribution < -0.4 is 0 Å². The molecule has 0 spiro atoms. The lowest BCUT2D eigenvalue weighted by Crippen LogP contribution is -2.17.